The second-order valence-corrected chi connectivity index (χ2v) is 9.61. The topological polar surface area (TPSA) is 122 Å². The summed E-state index contributed by atoms with van der Waals surface area (Å²) in [5.74, 6) is -4.02. The van der Waals surface area contributed by atoms with Gasteiger partial charge in [-0.2, -0.15) is 0 Å². The predicted molar refractivity (Wildman–Crippen MR) is 131 cm³/mol. The van der Waals surface area contributed by atoms with Gasteiger partial charge in [-0.3, -0.25) is 9.59 Å². The van der Waals surface area contributed by atoms with Gasteiger partial charge in [0.1, 0.15) is 22.7 Å². The van der Waals surface area contributed by atoms with Crippen molar-refractivity contribution < 1.29 is 37.7 Å². The monoisotopic (exact) mass is 528 g/mol. The van der Waals surface area contributed by atoms with Crippen LogP contribution in [0.3, 0.4) is 0 Å². The van der Waals surface area contributed by atoms with Crippen LogP contribution < -0.4 is 5.32 Å². The first-order valence-electron chi connectivity index (χ1n) is 12.1. The number of aliphatic carboxylic acids is 1. The van der Waals surface area contributed by atoms with Crippen LogP contribution in [0.15, 0.2) is 30.5 Å². The fourth-order valence-corrected chi connectivity index (χ4v) is 4.73. The minimum Gasteiger partial charge on any atom is -0.480 e. The van der Waals surface area contributed by atoms with Crippen LogP contribution in [0.2, 0.25) is 0 Å². The van der Waals surface area contributed by atoms with Gasteiger partial charge in [0.15, 0.2) is 0 Å². The largest absolute Gasteiger partial charge is 0.480 e. The second-order valence-electron chi connectivity index (χ2n) is 9.61. The number of anilines is 1. The number of morpholine rings is 1. The number of carbonyl (C=O) groups is 3. The predicted octanol–water partition coefficient (Wildman–Crippen LogP) is 3.40. The molecule has 0 unspecified atom stereocenters. The molecule has 2 aliphatic rings. The minimum absolute atomic E-state index is 0.0615. The number of ether oxygens (including phenoxy) is 2. The number of hydrogen-bond acceptors (Lipinski definition) is 6. The zero-order valence-electron chi connectivity index (χ0n) is 20.8. The molecule has 38 heavy (non-hydrogen) atoms. The Morgan fingerprint density at radius 2 is 1.95 bits per heavy atom. The normalized spacial score (nSPS) is 18.3. The van der Waals surface area contributed by atoms with E-state index in [1.807, 2.05) is 13.0 Å². The van der Waals surface area contributed by atoms with E-state index in [1.165, 1.54) is 12.0 Å². The van der Waals surface area contributed by atoms with Gasteiger partial charge in [-0.15, -0.1) is 0 Å². The maximum Gasteiger partial charge on any atom is 0.409 e. The van der Waals surface area contributed by atoms with Crippen LogP contribution in [-0.2, 0) is 25.5 Å². The standard InChI is InChI=1S/C26H26F2N4O6/c1-14-3-6-32-19(12-16-13-31(7-8-38-16)25(36)37-2)22(30-20(32)9-14)21-17(27)10-15(11-18(21)28)29-23(33)26(4-5-26)24(34)35/h3,6,9-11,16H,4-5,7-8,12-13H2,1-2H3,(H,29,33)(H,34,35)/t16-/m0/s1. The van der Waals surface area contributed by atoms with Crippen molar-refractivity contribution in [1.82, 2.24) is 14.3 Å². The van der Waals surface area contributed by atoms with E-state index < -0.39 is 41.1 Å². The van der Waals surface area contributed by atoms with Crippen LogP contribution in [0.4, 0.5) is 19.3 Å². The molecule has 1 aromatic carbocycles. The lowest BCUT2D eigenvalue weighted by atomic mass is 10.0. The number of carbonyl (C=O) groups excluding carboxylic acids is 2. The van der Waals surface area contributed by atoms with Gasteiger partial charge in [0, 0.05) is 24.8 Å². The fourth-order valence-electron chi connectivity index (χ4n) is 4.73. The third kappa shape index (κ3) is 4.55. The molecule has 1 aliphatic heterocycles. The number of rotatable bonds is 6. The first kappa shape index (κ1) is 25.6. The SMILES string of the molecule is COC(=O)N1CCO[C@@H](Cc2c(-c3c(F)cc(NC(=O)C4(C(=O)O)CC4)cc3F)nc3cc(C)ccn23)C1. The molecule has 3 heterocycles. The summed E-state index contributed by atoms with van der Waals surface area (Å²) in [6.45, 7) is 2.74. The van der Waals surface area contributed by atoms with Crippen molar-refractivity contribution in [2.45, 2.75) is 32.3 Å². The summed E-state index contributed by atoms with van der Waals surface area (Å²) in [7, 11) is 1.29. The number of aromatic nitrogens is 2. The average Bonchev–Trinajstić information content (AvgIpc) is 3.63. The highest BCUT2D eigenvalue weighted by molar-refractivity contribution is 6.10. The number of aryl methyl sites for hydroxylation is 1. The highest BCUT2D eigenvalue weighted by Crippen LogP contribution is 2.47. The lowest BCUT2D eigenvalue weighted by molar-refractivity contribution is -0.147. The van der Waals surface area contributed by atoms with Crippen molar-refractivity contribution in [3.05, 3.63) is 53.4 Å². The average molecular weight is 529 g/mol. The number of amides is 2. The highest BCUT2D eigenvalue weighted by atomic mass is 19.1. The Kier molecular flexibility index (Phi) is 6.51. The second kappa shape index (κ2) is 9.67. The molecule has 5 rings (SSSR count). The summed E-state index contributed by atoms with van der Waals surface area (Å²) in [6, 6.07) is 5.51. The molecule has 200 valence electrons. The van der Waals surface area contributed by atoms with Crippen LogP contribution in [0, 0.1) is 24.0 Å². The number of carboxylic acids is 1. The van der Waals surface area contributed by atoms with E-state index in [1.54, 1.807) is 16.7 Å². The maximum atomic E-state index is 15.4. The van der Waals surface area contributed by atoms with E-state index in [0.29, 0.717) is 17.9 Å². The minimum atomic E-state index is -1.56. The van der Waals surface area contributed by atoms with Crippen LogP contribution in [0.25, 0.3) is 16.9 Å². The number of nitrogens with one attached hydrogen (secondary N) is 1. The summed E-state index contributed by atoms with van der Waals surface area (Å²) in [5.41, 5.74) is -0.218. The third-order valence-electron chi connectivity index (χ3n) is 7.00. The Hall–Kier alpha value is -4.06. The number of halogens is 2. The molecule has 0 bridgehead atoms. The molecule has 2 aromatic heterocycles. The first-order chi connectivity index (χ1) is 18.1. The van der Waals surface area contributed by atoms with Crippen molar-refractivity contribution in [2.24, 2.45) is 5.41 Å². The molecule has 2 N–H and O–H groups in total. The van der Waals surface area contributed by atoms with Crippen LogP contribution >= 0.6 is 0 Å². The van der Waals surface area contributed by atoms with Gasteiger partial charge < -0.3 is 29.2 Å². The van der Waals surface area contributed by atoms with E-state index in [0.717, 1.165) is 17.7 Å². The Bertz CT molecular complexity index is 1430. The summed E-state index contributed by atoms with van der Waals surface area (Å²) in [4.78, 5) is 41.9. The molecule has 0 radical (unpaired) electrons. The molecular weight excluding hydrogens is 502 g/mol. The molecule has 1 saturated carbocycles. The number of carboxylic acid groups (broad SMARTS) is 1. The number of methoxy groups -OCH3 is 1. The smallest absolute Gasteiger partial charge is 0.409 e. The van der Waals surface area contributed by atoms with Crippen molar-refractivity contribution in [2.75, 3.05) is 32.1 Å². The van der Waals surface area contributed by atoms with Gasteiger partial charge in [-0.1, -0.05) is 0 Å². The van der Waals surface area contributed by atoms with Crippen molar-refractivity contribution in [3.8, 4) is 11.3 Å². The number of benzene rings is 1. The fraction of sp³-hybridized carbons (Fsp3) is 0.385. The van der Waals surface area contributed by atoms with E-state index in [-0.39, 0.29) is 49.4 Å². The molecule has 10 nitrogen and oxygen atoms in total. The first-order valence-corrected chi connectivity index (χ1v) is 12.1. The molecule has 1 saturated heterocycles. The molecular formula is C26H26F2N4O6. The summed E-state index contributed by atoms with van der Waals surface area (Å²) in [6.07, 6.45) is 1.32. The molecule has 1 aliphatic carbocycles. The molecule has 1 atom stereocenters. The van der Waals surface area contributed by atoms with E-state index in [2.05, 4.69) is 10.3 Å². The van der Waals surface area contributed by atoms with E-state index >= 15 is 8.78 Å². The highest BCUT2D eigenvalue weighted by Gasteiger charge is 2.57. The van der Waals surface area contributed by atoms with Gasteiger partial charge in [0.2, 0.25) is 5.91 Å². The van der Waals surface area contributed by atoms with Crippen molar-refractivity contribution in [1.29, 1.82) is 0 Å². The molecule has 12 heteroatoms. The molecule has 2 fully saturated rings. The Morgan fingerprint density at radius 1 is 1.24 bits per heavy atom. The Balaban J connectivity index is 1.50. The number of imidazole rings is 1. The van der Waals surface area contributed by atoms with Crippen molar-refractivity contribution >= 4 is 29.3 Å². The number of nitrogens with zero attached hydrogens (tertiary/aromatic N) is 3. The molecule has 0 spiro atoms. The quantitative estimate of drug-likeness (QED) is 0.470. The molecule has 2 amide bonds. The van der Waals surface area contributed by atoms with E-state index in [9.17, 15) is 19.5 Å². The van der Waals surface area contributed by atoms with Gasteiger partial charge in [0.25, 0.3) is 0 Å². The van der Waals surface area contributed by atoms with E-state index in [4.69, 9.17) is 9.47 Å². The van der Waals surface area contributed by atoms with Gasteiger partial charge >= 0.3 is 12.1 Å². The van der Waals surface area contributed by atoms with Gasteiger partial charge in [-0.05, 0) is 49.6 Å². The zero-order valence-corrected chi connectivity index (χ0v) is 20.8. The van der Waals surface area contributed by atoms with Crippen LogP contribution in [-0.4, -0.2) is 70.3 Å². The molecule has 3 aromatic rings. The number of fused-ring (bicyclic) bond motifs is 1. The lowest BCUT2D eigenvalue weighted by Crippen LogP contribution is -2.46. The third-order valence-corrected chi connectivity index (χ3v) is 7.00. The van der Waals surface area contributed by atoms with Crippen LogP contribution in [0.1, 0.15) is 24.1 Å². The zero-order chi connectivity index (χ0) is 27.2. The summed E-state index contributed by atoms with van der Waals surface area (Å²) in [5, 5.41) is 11.6. The summed E-state index contributed by atoms with van der Waals surface area (Å²) < 4.78 is 43.3. The van der Waals surface area contributed by atoms with Gasteiger partial charge in [0.05, 0.1) is 43.3 Å². The Labute approximate surface area is 216 Å². The number of pyridine rings is 1. The van der Waals surface area contributed by atoms with Gasteiger partial charge in [-0.25, -0.2) is 18.6 Å². The number of hydrogen-bond donors (Lipinski definition) is 2. The lowest BCUT2D eigenvalue weighted by Gasteiger charge is -2.32. The maximum absolute atomic E-state index is 15.4. The Morgan fingerprint density at radius 3 is 2.58 bits per heavy atom. The summed E-state index contributed by atoms with van der Waals surface area (Å²) >= 11 is 0. The van der Waals surface area contributed by atoms with Crippen molar-refractivity contribution in [3.63, 3.8) is 0 Å². The van der Waals surface area contributed by atoms with Crippen LogP contribution in [0.5, 0.6) is 0 Å².